The number of phosphoric acid groups is 1. The molecule has 0 spiro atoms. The number of phosphoric ester groups is 1. The second kappa shape index (κ2) is 77.7. The number of nitrogens with two attached hydrogens (primary N) is 1. The van der Waals surface area contributed by atoms with Gasteiger partial charge in [-0.25, -0.2) is 4.57 Å². The van der Waals surface area contributed by atoms with Crippen molar-refractivity contribution in [2.75, 3.05) is 26.4 Å². The van der Waals surface area contributed by atoms with Crippen LogP contribution in [0.1, 0.15) is 373 Å². The van der Waals surface area contributed by atoms with E-state index in [-0.39, 0.29) is 38.6 Å². The number of unbranched alkanes of at least 4 members (excludes halogenated alkanes) is 43. The number of rotatable bonds is 74. The van der Waals surface area contributed by atoms with Crippen molar-refractivity contribution in [3.8, 4) is 0 Å². The largest absolute Gasteiger partial charge is 0.472 e. The fraction of sp³-hybridized carbons (Fsp3) is 0.759. The van der Waals surface area contributed by atoms with Gasteiger partial charge in [0.2, 0.25) is 0 Å². The molecule has 0 aromatic heterocycles. The van der Waals surface area contributed by atoms with Crippen LogP contribution < -0.4 is 5.73 Å². The molecule has 2 unspecified atom stereocenters. The zero-order chi connectivity index (χ0) is 67.2. The molecule has 0 aliphatic carbocycles. The van der Waals surface area contributed by atoms with E-state index in [2.05, 4.69) is 123 Å². The maximum absolute atomic E-state index is 12.8. The molecular weight excluding hydrogens is 1170 g/mol. The summed E-state index contributed by atoms with van der Waals surface area (Å²) < 4.78 is 33.2. The van der Waals surface area contributed by atoms with E-state index in [0.29, 0.717) is 6.42 Å². The van der Waals surface area contributed by atoms with Crippen molar-refractivity contribution in [1.29, 1.82) is 0 Å². The number of esters is 2. The molecule has 0 radical (unpaired) electrons. The predicted molar refractivity (Wildman–Crippen MR) is 404 cm³/mol. The van der Waals surface area contributed by atoms with Gasteiger partial charge < -0.3 is 20.1 Å². The number of carbonyl (C=O) groups is 2. The number of ether oxygens (including phenoxy) is 2. The molecule has 0 saturated heterocycles. The molecule has 0 heterocycles. The Labute approximate surface area is 575 Å². The van der Waals surface area contributed by atoms with Crippen LogP contribution in [-0.4, -0.2) is 49.3 Å². The Hall–Kier alpha value is -3.33. The third-order valence-electron chi connectivity index (χ3n) is 17.2. The third kappa shape index (κ3) is 77.6. The summed E-state index contributed by atoms with van der Waals surface area (Å²) in [6.45, 7) is 3.65. The lowest BCUT2D eigenvalue weighted by Crippen LogP contribution is -2.29. The highest BCUT2D eigenvalue weighted by atomic mass is 31.2. The van der Waals surface area contributed by atoms with Gasteiger partial charge in [-0.05, 0) is 83.5 Å². The molecule has 0 bridgehead atoms. The third-order valence-corrected chi connectivity index (χ3v) is 18.2. The maximum atomic E-state index is 12.8. The molecule has 0 aliphatic rings. The molecule has 2 atom stereocenters. The van der Waals surface area contributed by atoms with Gasteiger partial charge in [0.1, 0.15) is 6.61 Å². The summed E-state index contributed by atoms with van der Waals surface area (Å²) in [6, 6.07) is 0. The summed E-state index contributed by atoms with van der Waals surface area (Å²) >= 11 is 0. The van der Waals surface area contributed by atoms with E-state index in [0.717, 1.165) is 109 Å². The zero-order valence-corrected chi connectivity index (χ0v) is 61.6. The minimum absolute atomic E-state index is 0.0460. The van der Waals surface area contributed by atoms with Crippen molar-refractivity contribution >= 4 is 19.8 Å². The quantitative estimate of drug-likeness (QED) is 0.0264. The average Bonchev–Trinajstić information content (AvgIpc) is 3.32. The summed E-state index contributed by atoms with van der Waals surface area (Å²) in [6.07, 6.45) is 108. The predicted octanol–water partition coefficient (Wildman–Crippen LogP) is 26.4. The monoisotopic (exact) mass is 1320 g/mol. The second-order valence-electron chi connectivity index (χ2n) is 26.2. The molecule has 0 aliphatic heterocycles. The summed E-state index contributed by atoms with van der Waals surface area (Å²) in [7, 11) is -4.41. The van der Waals surface area contributed by atoms with Gasteiger partial charge in [-0.3, -0.25) is 18.6 Å². The van der Waals surface area contributed by atoms with Crippen molar-refractivity contribution in [1.82, 2.24) is 0 Å². The van der Waals surface area contributed by atoms with Crippen molar-refractivity contribution in [2.24, 2.45) is 5.73 Å². The fourth-order valence-corrected chi connectivity index (χ4v) is 12.2. The van der Waals surface area contributed by atoms with E-state index < -0.39 is 26.5 Å². The summed E-state index contributed by atoms with van der Waals surface area (Å²) in [5.74, 6) is -0.842. The van der Waals surface area contributed by atoms with Crippen LogP contribution in [0.3, 0.4) is 0 Å². The first-order valence-corrected chi connectivity index (χ1v) is 40.9. The summed E-state index contributed by atoms with van der Waals surface area (Å²) in [5.41, 5.74) is 5.41. The number of carbonyl (C=O) groups excluding carboxylic acids is 2. The van der Waals surface area contributed by atoms with E-state index in [1.807, 2.05) is 0 Å². The van der Waals surface area contributed by atoms with E-state index >= 15 is 0 Å². The Balaban J connectivity index is 3.85. The molecule has 9 nitrogen and oxygen atoms in total. The molecule has 0 amide bonds. The highest BCUT2D eigenvalue weighted by Gasteiger charge is 2.26. The van der Waals surface area contributed by atoms with Crippen molar-refractivity contribution in [2.45, 2.75) is 380 Å². The normalized spacial score (nSPS) is 13.5. The lowest BCUT2D eigenvalue weighted by Gasteiger charge is -2.19. The lowest BCUT2D eigenvalue weighted by molar-refractivity contribution is -0.161. The van der Waals surface area contributed by atoms with Gasteiger partial charge in [0, 0.05) is 19.4 Å². The van der Waals surface area contributed by atoms with Crippen LogP contribution in [0.25, 0.3) is 0 Å². The van der Waals surface area contributed by atoms with Gasteiger partial charge >= 0.3 is 19.8 Å². The molecule has 0 aromatic carbocycles. The van der Waals surface area contributed by atoms with Crippen LogP contribution in [0, 0.1) is 0 Å². The smallest absolute Gasteiger partial charge is 0.462 e. The molecule has 0 rings (SSSR count). The molecule has 10 heteroatoms. The highest BCUT2D eigenvalue weighted by Crippen LogP contribution is 2.43. The SMILES string of the molecule is CC/C=C\C/C=C\C/C=C\C/C=C\C/C=C\C/C=C\C/C=C\C/C=C\C/C=C\CCCCCCCC(=O)OC(COC(=O)CCCCCCCCCCCCCCCCCCCCCCCCCCCCCCCCCCCCCCCCC)COP(=O)(O)OCCN. The Morgan fingerprint density at radius 3 is 0.882 bits per heavy atom. The van der Waals surface area contributed by atoms with Crippen molar-refractivity contribution < 1.29 is 37.6 Å². The lowest BCUT2D eigenvalue weighted by atomic mass is 10.0. The van der Waals surface area contributed by atoms with Crippen LogP contribution in [0.2, 0.25) is 0 Å². The fourth-order valence-electron chi connectivity index (χ4n) is 11.4. The first-order chi connectivity index (χ1) is 45.8. The molecular formula is C83H148NO8P. The van der Waals surface area contributed by atoms with E-state index in [1.165, 1.54) is 231 Å². The molecule has 0 fully saturated rings. The Bertz CT molecular complexity index is 1900. The Morgan fingerprint density at radius 1 is 0.333 bits per heavy atom. The van der Waals surface area contributed by atoms with Crippen LogP contribution in [-0.2, 0) is 32.7 Å². The van der Waals surface area contributed by atoms with Gasteiger partial charge in [-0.15, -0.1) is 0 Å². The molecule has 93 heavy (non-hydrogen) atoms. The van der Waals surface area contributed by atoms with E-state index in [1.54, 1.807) is 0 Å². The number of hydrogen-bond donors (Lipinski definition) is 2. The summed E-state index contributed by atoms with van der Waals surface area (Å²) in [4.78, 5) is 35.4. The topological polar surface area (TPSA) is 134 Å². The first kappa shape index (κ1) is 89.7. The van der Waals surface area contributed by atoms with Gasteiger partial charge in [-0.2, -0.15) is 0 Å². The summed E-state index contributed by atoms with van der Waals surface area (Å²) in [5, 5.41) is 0. The van der Waals surface area contributed by atoms with E-state index in [9.17, 15) is 19.0 Å². The molecule has 538 valence electrons. The van der Waals surface area contributed by atoms with Crippen LogP contribution >= 0.6 is 7.82 Å². The zero-order valence-electron chi connectivity index (χ0n) is 60.7. The van der Waals surface area contributed by atoms with Gasteiger partial charge in [0.15, 0.2) is 6.10 Å². The molecule has 0 saturated carbocycles. The van der Waals surface area contributed by atoms with Crippen molar-refractivity contribution in [3.05, 3.63) is 109 Å². The minimum Gasteiger partial charge on any atom is -0.462 e. The standard InChI is InChI=1S/C83H148NO8P/c1-3-5-7-9-11-13-15-17-19-21-23-25-27-29-31-33-35-37-38-39-40-41-42-44-45-47-49-51-53-55-57-59-61-63-65-67-69-71-73-75-82(85)89-79-81(80-91-93(87,88)90-78-77-84)92-83(86)76-74-72-70-68-66-64-62-60-58-56-54-52-50-48-46-43-36-34-32-30-28-26-24-22-20-18-16-14-12-10-8-6-4-2/h6,8,12,14,18,20,24,26,30,32,36,43,48,50,54,56,60,62,81H,3-5,7,9-11,13,15-17,19,21-23,25,27-29,31,33-35,37-42,44-47,49,51-53,55,57-59,61,63-80,84H2,1-2H3,(H,87,88)/b8-6-,14-12-,20-18-,26-24-,32-30-,43-36-,50-48-,56-54-,62-60-. The van der Waals surface area contributed by atoms with Crippen LogP contribution in [0.15, 0.2) is 109 Å². The average molecular weight is 1320 g/mol. The van der Waals surface area contributed by atoms with Crippen LogP contribution in [0.4, 0.5) is 0 Å². The highest BCUT2D eigenvalue weighted by molar-refractivity contribution is 7.47. The van der Waals surface area contributed by atoms with Crippen molar-refractivity contribution in [3.63, 3.8) is 0 Å². The Morgan fingerprint density at radius 2 is 0.591 bits per heavy atom. The van der Waals surface area contributed by atoms with Gasteiger partial charge in [-0.1, -0.05) is 386 Å². The molecule has 0 aromatic rings. The van der Waals surface area contributed by atoms with Crippen LogP contribution in [0.5, 0.6) is 0 Å². The second-order valence-corrected chi connectivity index (χ2v) is 27.7. The first-order valence-electron chi connectivity index (χ1n) is 39.4. The molecule has 3 N–H and O–H groups in total. The van der Waals surface area contributed by atoms with Gasteiger partial charge in [0.05, 0.1) is 13.2 Å². The van der Waals surface area contributed by atoms with Gasteiger partial charge in [0.25, 0.3) is 0 Å². The number of hydrogen-bond acceptors (Lipinski definition) is 8. The minimum atomic E-state index is -4.41. The number of allylic oxidation sites excluding steroid dienone is 18. The Kier molecular flexibility index (Phi) is 74.9. The van der Waals surface area contributed by atoms with E-state index in [4.69, 9.17) is 24.3 Å². The maximum Gasteiger partial charge on any atom is 0.472 e.